The summed E-state index contributed by atoms with van der Waals surface area (Å²) in [6.07, 6.45) is 0.879. The molecule has 9 nitrogen and oxygen atoms in total. The van der Waals surface area contributed by atoms with Crippen molar-refractivity contribution in [3.8, 4) is 5.75 Å². The summed E-state index contributed by atoms with van der Waals surface area (Å²) >= 11 is 0. The van der Waals surface area contributed by atoms with Crippen molar-refractivity contribution in [2.45, 2.75) is 24.7 Å². The number of rotatable bonds is 6. The minimum atomic E-state index is -3.75. The average Bonchev–Trinajstić information content (AvgIpc) is 3.24. The number of anilines is 1. The van der Waals surface area contributed by atoms with E-state index in [0.29, 0.717) is 30.7 Å². The molecule has 1 fully saturated rings. The quantitative estimate of drug-likeness (QED) is 0.639. The lowest BCUT2D eigenvalue weighted by atomic mass is 9.97. The zero-order valence-corrected chi connectivity index (χ0v) is 17.3. The standard InChI is InChI=1S/C20H22N4O5S/c1-2-28-16-8-6-15(7-9-16)21-20(25)14-10-12-24(13-11-14)30(26,27)18-5-3-4-17-19(18)23-29-22-17/h3-9,14H,2,10-13H2,1H3,(H,21,25). The topological polar surface area (TPSA) is 115 Å². The number of fused-ring (bicyclic) bond motifs is 1. The monoisotopic (exact) mass is 430 g/mol. The molecule has 1 aliphatic heterocycles. The van der Waals surface area contributed by atoms with E-state index in [9.17, 15) is 13.2 Å². The normalized spacial score (nSPS) is 15.9. The number of hydrogen-bond donors (Lipinski definition) is 1. The van der Waals surface area contributed by atoms with Crippen LogP contribution in [-0.4, -0.2) is 48.6 Å². The van der Waals surface area contributed by atoms with Crippen LogP contribution in [0.4, 0.5) is 5.69 Å². The fourth-order valence-electron chi connectivity index (χ4n) is 3.53. The van der Waals surface area contributed by atoms with Crippen LogP contribution >= 0.6 is 0 Å². The highest BCUT2D eigenvalue weighted by Crippen LogP contribution is 2.28. The van der Waals surface area contributed by atoms with Gasteiger partial charge in [-0.3, -0.25) is 4.79 Å². The maximum Gasteiger partial charge on any atom is 0.245 e. The summed E-state index contributed by atoms with van der Waals surface area (Å²) in [7, 11) is -3.75. The molecule has 0 radical (unpaired) electrons. The summed E-state index contributed by atoms with van der Waals surface area (Å²) in [5.74, 6) is 0.373. The third-order valence-corrected chi connectivity index (χ3v) is 7.05. The van der Waals surface area contributed by atoms with Crippen molar-refractivity contribution < 1.29 is 22.6 Å². The molecule has 0 atom stereocenters. The van der Waals surface area contributed by atoms with E-state index in [-0.39, 0.29) is 35.3 Å². The number of piperidine rings is 1. The number of nitrogens with zero attached hydrogens (tertiary/aromatic N) is 3. The smallest absolute Gasteiger partial charge is 0.245 e. The van der Waals surface area contributed by atoms with Gasteiger partial charge in [-0.25, -0.2) is 13.0 Å². The van der Waals surface area contributed by atoms with Crippen molar-refractivity contribution in [2.24, 2.45) is 5.92 Å². The molecule has 2 aromatic carbocycles. The molecule has 1 amide bonds. The third kappa shape index (κ3) is 4.01. The van der Waals surface area contributed by atoms with E-state index in [1.165, 1.54) is 10.4 Å². The summed E-state index contributed by atoms with van der Waals surface area (Å²) in [4.78, 5) is 12.7. The average molecular weight is 430 g/mol. The molecule has 1 aromatic heterocycles. The van der Waals surface area contributed by atoms with Gasteiger partial charge in [0.2, 0.25) is 15.9 Å². The lowest BCUT2D eigenvalue weighted by Crippen LogP contribution is -2.41. The summed E-state index contributed by atoms with van der Waals surface area (Å²) in [6.45, 7) is 3.00. The molecule has 10 heteroatoms. The molecule has 3 aromatic rings. The third-order valence-electron chi connectivity index (χ3n) is 5.12. The van der Waals surface area contributed by atoms with E-state index in [0.717, 1.165) is 5.75 Å². The summed E-state index contributed by atoms with van der Waals surface area (Å²) in [5.41, 5.74) is 1.29. The number of aromatic nitrogens is 2. The van der Waals surface area contributed by atoms with Gasteiger partial charge in [-0.15, -0.1) is 0 Å². The first-order valence-electron chi connectivity index (χ1n) is 9.74. The predicted molar refractivity (Wildman–Crippen MR) is 110 cm³/mol. The van der Waals surface area contributed by atoms with Crippen LogP contribution in [0.3, 0.4) is 0 Å². The molecule has 0 bridgehead atoms. The fraction of sp³-hybridized carbons (Fsp3) is 0.350. The number of nitrogens with one attached hydrogen (secondary N) is 1. The van der Waals surface area contributed by atoms with Crippen LogP contribution < -0.4 is 10.1 Å². The number of sulfonamides is 1. The Bertz CT molecular complexity index is 1140. The highest BCUT2D eigenvalue weighted by molar-refractivity contribution is 7.89. The van der Waals surface area contributed by atoms with Gasteiger partial charge in [0.25, 0.3) is 0 Å². The first kappa shape index (κ1) is 20.3. The van der Waals surface area contributed by atoms with Gasteiger partial charge in [-0.05, 0) is 66.5 Å². The first-order chi connectivity index (χ1) is 14.5. The molecule has 30 heavy (non-hydrogen) atoms. The van der Waals surface area contributed by atoms with E-state index in [4.69, 9.17) is 4.74 Å². The van der Waals surface area contributed by atoms with Crippen molar-refractivity contribution in [3.05, 3.63) is 42.5 Å². The summed E-state index contributed by atoms with van der Waals surface area (Å²) < 4.78 is 37.6. The molecule has 0 aliphatic carbocycles. The molecule has 2 heterocycles. The Hall–Kier alpha value is -2.98. The second kappa shape index (κ2) is 8.41. The molecular weight excluding hydrogens is 408 g/mol. The maximum atomic E-state index is 13.1. The second-order valence-corrected chi connectivity index (χ2v) is 8.92. The van der Waals surface area contributed by atoms with Gasteiger partial charge in [0, 0.05) is 24.7 Å². The Morgan fingerprint density at radius 3 is 2.60 bits per heavy atom. The lowest BCUT2D eigenvalue weighted by molar-refractivity contribution is -0.120. The molecule has 1 aliphatic rings. The number of carbonyl (C=O) groups excluding carboxylic acids is 1. The van der Waals surface area contributed by atoms with Crippen LogP contribution in [0, 0.1) is 5.92 Å². The number of hydrogen-bond acceptors (Lipinski definition) is 7. The van der Waals surface area contributed by atoms with E-state index < -0.39 is 10.0 Å². The first-order valence-corrected chi connectivity index (χ1v) is 11.2. The fourth-order valence-corrected chi connectivity index (χ4v) is 5.14. The molecular formula is C20H22N4O5S. The molecule has 158 valence electrons. The number of ether oxygens (including phenoxy) is 1. The van der Waals surface area contributed by atoms with E-state index >= 15 is 0 Å². The van der Waals surface area contributed by atoms with Crippen LogP contribution in [0.25, 0.3) is 11.0 Å². The molecule has 0 saturated carbocycles. The highest BCUT2D eigenvalue weighted by Gasteiger charge is 2.33. The highest BCUT2D eigenvalue weighted by atomic mass is 32.2. The summed E-state index contributed by atoms with van der Waals surface area (Å²) in [5, 5.41) is 10.3. The van der Waals surface area contributed by atoms with Crippen molar-refractivity contribution in [3.63, 3.8) is 0 Å². The van der Waals surface area contributed by atoms with Gasteiger partial charge in [0.1, 0.15) is 16.2 Å². The van der Waals surface area contributed by atoms with Crippen molar-refractivity contribution in [2.75, 3.05) is 25.0 Å². The second-order valence-electron chi connectivity index (χ2n) is 7.01. The van der Waals surface area contributed by atoms with Gasteiger partial charge in [-0.1, -0.05) is 6.07 Å². The van der Waals surface area contributed by atoms with Crippen LogP contribution in [0.15, 0.2) is 52.0 Å². The minimum absolute atomic E-state index is 0.0681. The largest absolute Gasteiger partial charge is 0.494 e. The number of carbonyl (C=O) groups is 1. The van der Waals surface area contributed by atoms with E-state index in [1.54, 1.807) is 36.4 Å². The zero-order valence-electron chi connectivity index (χ0n) is 16.4. The molecule has 1 saturated heterocycles. The Kier molecular flexibility index (Phi) is 5.69. The van der Waals surface area contributed by atoms with Crippen LogP contribution in [0.5, 0.6) is 5.75 Å². The van der Waals surface area contributed by atoms with Gasteiger partial charge in [-0.2, -0.15) is 4.31 Å². The SMILES string of the molecule is CCOc1ccc(NC(=O)C2CCN(S(=O)(=O)c3cccc4nonc34)CC2)cc1. The van der Waals surface area contributed by atoms with Gasteiger partial charge in [0.15, 0.2) is 5.52 Å². The molecule has 0 spiro atoms. The Balaban J connectivity index is 1.39. The van der Waals surface area contributed by atoms with Crippen molar-refractivity contribution in [1.82, 2.24) is 14.6 Å². The number of amides is 1. The molecule has 4 rings (SSSR count). The van der Waals surface area contributed by atoms with Crippen LogP contribution in [-0.2, 0) is 14.8 Å². The maximum absolute atomic E-state index is 13.1. The zero-order chi connectivity index (χ0) is 21.1. The van der Waals surface area contributed by atoms with Crippen LogP contribution in [0.1, 0.15) is 19.8 Å². The summed E-state index contributed by atoms with van der Waals surface area (Å²) in [6, 6.07) is 11.9. The lowest BCUT2D eigenvalue weighted by Gasteiger charge is -2.30. The van der Waals surface area contributed by atoms with Crippen molar-refractivity contribution >= 4 is 32.7 Å². The Morgan fingerprint density at radius 1 is 1.17 bits per heavy atom. The molecule has 1 N–H and O–H groups in total. The Labute approximate surface area is 174 Å². The van der Waals surface area contributed by atoms with Gasteiger partial charge >= 0.3 is 0 Å². The number of benzene rings is 2. The van der Waals surface area contributed by atoms with E-state index in [2.05, 4.69) is 20.3 Å². The molecule has 0 unspecified atom stereocenters. The van der Waals surface area contributed by atoms with Crippen molar-refractivity contribution in [1.29, 1.82) is 0 Å². The van der Waals surface area contributed by atoms with Gasteiger partial charge < -0.3 is 10.1 Å². The minimum Gasteiger partial charge on any atom is -0.494 e. The Morgan fingerprint density at radius 2 is 1.90 bits per heavy atom. The van der Waals surface area contributed by atoms with Gasteiger partial charge in [0.05, 0.1) is 6.61 Å². The van der Waals surface area contributed by atoms with E-state index in [1.807, 2.05) is 6.92 Å². The predicted octanol–water partition coefficient (Wildman–Crippen LogP) is 2.66. The van der Waals surface area contributed by atoms with Crippen LogP contribution in [0.2, 0.25) is 0 Å².